The van der Waals surface area contributed by atoms with E-state index in [1.54, 1.807) is 49.4 Å². The molecule has 0 radical (unpaired) electrons. The number of ether oxygens (including phenoxy) is 3. The molecule has 0 atom stereocenters. The van der Waals surface area contributed by atoms with E-state index >= 15 is 0 Å². The number of benzene rings is 4. The molecular formula is C31H24FN3O6. The van der Waals surface area contributed by atoms with Gasteiger partial charge < -0.3 is 14.2 Å². The molecule has 4 aromatic carbocycles. The molecule has 0 N–H and O–H groups in total. The van der Waals surface area contributed by atoms with Gasteiger partial charge in [-0.05, 0) is 42.0 Å². The number of esters is 1. The molecule has 0 aliphatic heterocycles. The molecule has 41 heavy (non-hydrogen) atoms. The average Bonchev–Trinajstić information content (AvgIpc) is 2.99. The van der Waals surface area contributed by atoms with Crippen LogP contribution in [0.5, 0.6) is 11.6 Å². The van der Waals surface area contributed by atoms with E-state index in [9.17, 15) is 19.3 Å². The van der Waals surface area contributed by atoms with Crippen LogP contribution in [0.25, 0.3) is 33.4 Å². The van der Waals surface area contributed by atoms with Crippen LogP contribution in [0, 0.1) is 15.9 Å². The fraction of sp³-hybridized carbons (Fsp3) is 0.129. The second-order valence-corrected chi connectivity index (χ2v) is 8.92. The lowest BCUT2D eigenvalue weighted by atomic mass is 10.1. The van der Waals surface area contributed by atoms with Crippen LogP contribution in [0.3, 0.4) is 0 Å². The van der Waals surface area contributed by atoms with Crippen molar-refractivity contribution in [2.24, 2.45) is 0 Å². The summed E-state index contributed by atoms with van der Waals surface area (Å²) in [5.41, 5.74) is 1.85. The first-order chi connectivity index (χ1) is 19.9. The SMILES string of the molecule is CCOC(=O)COc1ccc2cc(-c3nc(OCc4ccccc4F)cc(-c4cccc([N+](=O)[O-])c4)n3)ccc2c1. The van der Waals surface area contributed by atoms with Crippen LogP contribution in [-0.4, -0.2) is 34.1 Å². The Hall–Kier alpha value is -5.38. The number of hydrogen-bond donors (Lipinski definition) is 0. The van der Waals surface area contributed by atoms with Crippen molar-refractivity contribution in [3.63, 3.8) is 0 Å². The van der Waals surface area contributed by atoms with Crippen molar-refractivity contribution in [3.8, 4) is 34.3 Å². The molecule has 0 fully saturated rings. The fourth-order valence-corrected chi connectivity index (χ4v) is 4.12. The number of nitro groups is 1. The molecule has 0 aliphatic rings. The highest BCUT2D eigenvalue weighted by molar-refractivity contribution is 5.88. The minimum atomic E-state index is -0.477. The first kappa shape index (κ1) is 27.2. The highest BCUT2D eigenvalue weighted by Crippen LogP contribution is 2.30. The van der Waals surface area contributed by atoms with E-state index in [-0.39, 0.29) is 31.4 Å². The van der Waals surface area contributed by atoms with Crippen LogP contribution >= 0.6 is 0 Å². The van der Waals surface area contributed by atoms with Crippen molar-refractivity contribution in [1.29, 1.82) is 0 Å². The Morgan fingerprint density at radius 3 is 2.49 bits per heavy atom. The second kappa shape index (κ2) is 12.2. The molecule has 206 valence electrons. The molecule has 5 rings (SSSR count). The molecule has 0 aliphatic carbocycles. The highest BCUT2D eigenvalue weighted by atomic mass is 19.1. The molecule has 0 bridgehead atoms. The number of nitro benzene ring substituents is 1. The molecule has 0 unspecified atom stereocenters. The number of fused-ring (bicyclic) bond motifs is 1. The number of carbonyl (C=O) groups excluding carboxylic acids is 1. The monoisotopic (exact) mass is 553 g/mol. The lowest BCUT2D eigenvalue weighted by Gasteiger charge is -2.11. The van der Waals surface area contributed by atoms with Crippen LogP contribution in [0.1, 0.15) is 12.5 Å². The summed E-state index contributed by atoms with van der Waals surface area (Å²) >= 11 is 0. The van der Waals surface area contributed by atoms with E-state index in [0.717, 1.165) is 10.8 Å². The molecular weight excluding hydrogens is 529 g/mol. The maximum Gasteiger partial charge on any atom is 0.344 e. The number of hydrogen-bond acceptors (Lipinski definition) is 8. The van der Waals surface area contributed by atoms with E-state index < -0.39 is 16.7 Å². The predicted molar refractivity (Wildman–Crippen MR) is 150 cm³/mol. The van der Waals surface area contributed by atoms with Gasteiger partial charge >= 0.3 is 5.97 Å². The summed E-state index contributed by atoms with van der Waals surface area (Å²) in [6.45, 7) is 1.75. The molecule has 5 aromatic rings. The van der Waals surface area contributed by atoms with Gasteiger partial charge in [-0.3, -0.25) is 10.1 Å². The smallest absolute Gasteiger partial charge is 0.344 e. The van der Waals surface area contributed by atoms with Gasteiger partial charge in [0.1, 0.15) is 18.2 Å². The zero-order chi connectivity index (χ0) is 28.8. The van der Waals surface area contributed by atoms with Crippen molar-refractivity contribution in [3.05, 3.63) is 112 Å². The average molecular weight is 554 g/mol. The minimum absolute atomic E-state index is 0.0657. The van der Waals surface area contributed by atoms with E-state index in [4.69, 9.17) is 14.2 Å². The van der Waals surface area contributed by atoms with Gasteiger partial charge in [0, 0.05) is 34.9 Å². The van der Waals surface area contributed by atoms with Gasteiger partial charge in [-0.1, -0.05) is 48.5 Å². The van der Waals surface area contributed by atoms with Gasteiger partial charge in [0.25, 0.3) is 5.69 Å². The van der Waals surface area contributed by atoms with Crippen LogP contribution in [0.2, 0.25) is 0 Å². The standard InChI is InChI=1S/C31H24FN3O6/c1-2-39-30(36)19-40-26-13-12-20-14-23(11-10-21(20)16-26)31-33-28(22-7-5-8-25(15-22)35(37)38)17-29(34-31)41-18-24-6-3-4-9-27(24)32/h3-17H,2,18-19H2,1H3. The van der Waals surface area contributed by atoms with Crippen molar-refractivity contribution in [1.82, 2.24) is 9.97 Å². The fourth-order valence-electron chi connectivity index (χ4n) is 4.12. The molecule has 0 spiro atoms. The van der Waals surface area contributed by atoms with Crippen molar-refractivity contribution in [2.45, 2.75) is 13.5 Å². The number of aromatic nitrogens is 2. The maximum atomic E-state index is 14.2. The summed E-state index contributed by atoms with van der Waals surface area (Å²) in [6.07, 6.45) is 0. The summed E-state index contributed by atoms with van der Waals surface area (Å²) in [5.74, 6) is 0.174. The van der Waals surface area contributed by atoms with Crippen LogP contribution < -0.4 is 9.47 Å². The Morgan fingerprint density at radius 2 is 1.68 bits per heavy atom. The Bertz CT molecular complexity index is 1740. The van der Waals surface area contributed by atoms with Gasteiger partial charge in [0.2, 0.25) is 5.88 Å². The van der Waals surface area contributed by atoms with Crippen molar-refractivity contribution < 1.29 is 28.3 Å². The summed E-state index contributed by atoms with van der Waals surface area (Å²) in [4.78, 5) is 31.7. The number of non-ortho nitro benzene ring substituents is 1. The molecule has 0 amide bonds. The number of carbonyl (C=O) groups is 1. The maximum absolute atomic E-state index is 14.2. The van der Waals surface area contributed by atoms with Crippen molar-refractivity contribution >= 4 is 22.4 Å². The zero-order valence-corrected chi connectivity index (χ0v) is 22.0. The van der Waals surface area contributed by atoms with Gasteiger partial charge in [-0.25, -0.2) is 14.2 Å². The highest BCUT2D eigenvalue weighted by Gasteiger charge is 2.14. The number of nitrogens with zero attached hydrogens (tertiary/aromatic N) is 3. The third-order valence-corrected chi connectivity index (χ3v) is 6.12. The third-order valence-electron chi connectivity index (χ3n) is 6.12. The summed E-state index contributed by atoms with van der Waals surface area (Å²) in [7, 11) is 0. The Morgan fingerprint density at radius 1 is 0.878 bits per heavy atom. The summed E-state index contributed by atoms with van der Waals surface area (Å²) in [6, 6.07) is 24.9. The van der Waals surface area contributed by atoms with Crippen LogP contribution in [0.15, 0.2) is 91.0 Å². The predicted octanol–water partition coefficient (Wildman–Crippen LogP) is 6.53. The van der Waals surface area contributed by atoms with E-state index in [1.807, 2.05) is 30.3 Å². The number of halogens is 1. The van der Waals surface area contributed by atoms with E-state index in [1.165, 1.54) is 18.2 Å². The summed E-state index contributed by atoms with van der Waals surface area (Å²) in [5, 5.41) is 13.1. The zero-order valence-electron chi connectivity index (χ0n) is 22.0. The molecule has 10 heteroatoms. The van der Waals surface area contributed by atoms with Gasteiger partial charge in [-0.15, -0.1) is 0 Å². The van der Waals surface area contributed by atoms with Crippen molar-refractivity contribution in [2.75, 3.05) is 13.2 Å². The Kier molecular flexibility index (Phi) is 8.10. The van der Waals surface area contributed by atoms with Crippen LogP contribution in [-0.2, 0) is 16.1 Å². The molecule has 1 heterocycles. The lowest BCUT2D eigenvalue weighted by Crippen LogP contribution is -2.14. The first-order valence-electron chi connectivity index (χ1n) is 12.7. The van der Waals surface area contributed by atoms with Gasteiger partial charge in [-0.2, -0.15) is 4.98 Å². The molecule has 0 saturated carbocycles. The Labute approximate surface area is 234 Å². The minimum Gasteiger partial charge on any atom is -0.482 e. The topological polar surface area (TPSA) is 114 Å². The first-order valence-corrected chi connectivity index (χ1v) is 12.7. The molecule has 9 nitrogen and oxygen atoms in total. The van der Waals surface area contributed by atoms with Gasteiger partial charge in [0.15, 0.2) is 12.4 Å². The van der Waals surface area contributed by atoms with E-state index in [0.29, 0.717) is 34.0 Å². The normalized spacial score (nSPS) is 10.8. The van der Waals surface area contributed by atoms with Crippen LogP contribution in [0.4, 0.5) is 10.1 Å². The number of rotatable bonds is 10. The quantitative estimate of drug-likeness (QED) is 0.109. The molecule has 0 saturated heterocycles. The van der Waals surface area contributed by atoms with Gasteiger partial charge in [0.05, 0.1) is 17.2 Å². The summed E-state index contributed by atoms with van der Waals surface area (Å²) < 4.78 is 30.5. The second-order valence-electron chi connectivity index (χ2n) is 8.92. The third kappa shape index (κ3) is 6.62. The van der Waals surface area contributed by atoms with E-state index in [2.05, 4.69) is 9.97 Å². The molecule has 1 aromatic heterocycles. The lowest BCUT2D eigenvalue weighted by molar-refractivity contribution is -0.384. The largest absolute Gasteiger partial charge is 0.482 e. The Balaban J connectivity index is 1.49.